The minimum absolute atomic E-state index is 0.829. The quantitative estimate of drug-likeness (QED) is 0.248. The van der Waals surface area contributed by atoms with Gasteiger partial charge in [-0.25, -0.2) is 14.4 Å². The Morgan fingerprint density at radius 1 is 1.20 bits per heavy atom. The molecule has 0 aliphatic carbocycles. The number of hydrogen-bond donors (Lipinski definition) is 0. The molecule has 1 rings (SSSR count). The highest BCUT2D eigenvalue weighted by Gasteiger charge is 2.34. The maximum absolute atomic E-state index is 10.4. The summed E-state index contributed by atoms with van der Waals surface area (Å²) in [5.41, 5.74) is 0. The van der Waals surface area contributed by atoms with E-state index in [1.54, 1.807) is 0 Å². The van der Waals surface area contributed by atoms with Gasteiger partial charge in [-0.05, 0) is 6.92 Å². The zero-order valence-corrected chi connectivity index (χ0v) is 5.12. The average molecular weight is 144 g/mol. The van der Waals surface area contributed by atoms with E-state index in [1.807, 2.05) is 0 Å². The molecule has 10 heavy (non-hydrogen) atoms. The smallest absolute Gasteiger partial charge is 0.425 e. The standard InChI is InChI=1S/C5H4O5/c1-2-3(6)10-5(8)4(7)9-2/h2H,1H3. The second-order valence-corrected chi connectivity index (χ2v) is 1.76. The van der Waals surface area contributed by atoms with E-state index in [4.69, 9.17) is 0 Å². The van der Waals surface area contributed by atoms with Gasteiger partial charge in [-0.3, -0.25) is 0 Å². The highest BCUT2D eigenvalue weighted by molar-refractivity contribution is 6.33. The molecule has 1 saturated heterocycles. The predicted octanol–water partition coefficient (Wildman–Crippen LogP) is -0.999. The molecule has 0 bridgehead atoms. The Labute approximate surface area is 55.9 Å². The van der Waals surface area contributed by atoms with Gasteiger partial charge >= 0.3 is 17.9 Å². The van der Waals surface area contributed by atoms with Gasteiger partial charge in [0.1, 0.15) is 0 Å². The molecule has 0 aromatic carbocycles. The Kier molecular flexibility index (Phi) is 1.41. The van der Waals surface area contributed by atoms with Gasteiger partial charge in [-0.15, -0.1) is 0 Å². The lowest BCUT2D eigenvalue weighted by atomic mass is 10.4. The van der Waals surface area contributed by atoms with E-state index in [-0.39, 0.29) is 0 Å². The van der Waals surface area contributed by atoms with E-state index in [1.165, 1.54) is 6.92 Å². The molecule has 1 atom stereocenters. The number of carbonyl (C=O) groups excluding carboxylic acids is 3. The van der Waals surface area contributed by atoms with Crippen LogP contribution in [0.2, 0.25) is 0 Å². The number of esters is 3. The highest BCUT2D eigenvalue weighted by Crippen LogP contribution is 2.03. The summed E-state index contributed by atoms with van der Waals surface area (Å²) in [6.07, 6.45) is -0.967. The number of hydrogen-bond acceptors (Lipinski definition) is 5. The lowest BCUT2D eigenvalue weighted by Crippen LogP contribution is -2.39. The molecule has 1 aliphatic rings. The third-order valence-corrected chi connectivity index (χ3v) is 0.976. The Balaban J connectivity index is 2.72. The Bertz CT molecular complexity index is 206. The van der Waals surface area contributed by atoms with Crippen LogP contribution < -0.4 is 0 Å². The minimum atomic E-state index is -1.25. The van der Waals surface area contributed by atoms with Crippen LogP contribution in [-0.4, -0.2) is 24.0 Å². The fraction of sp³-hybridized carbons (Fsp3) is 0.400. The molecule has 1 aliphatic heterocycles. The van der Waals surface area contributed by atoms with Gasteiger partial charge in [0.2, 0.25) is 0 Å². The molecule has 0 spiro atoms. The molecule has 1 fully saturated rings. The summed E-state index contributed by atoms with van der Waals surface area (Å²) in [7, 11) is 0. The summed E-state index contributed by atoms with van der Waals surface area (Å²) >= 11 is 0. The Morgan fingerprint density at radius 3 is 2.30 bits per heavy atom. The van der Waals surface area contributed by atoms with Gasteiger partial charge in [0.15, 0.2) is 6.10 Å². The van der Waals surface area contributed by atoms with Crippen molar-refractivity contribution < 1.29 is 23.9 Å². The molecule has 1 unspecified atom stereocenters. The normalized spacial score (nSPS) is 25.7. The molecule has 1 heterocycles. The fourth-order valence-electron chi connectivity index (χ4n) is 0.473. The molecule has 5 heteroatoms. The molecule has 0 N–H and O–H groups in total. The highest BCUT2D eigenvalue weighted by atomic mass is 16.7. The summed E-state index contributed by atoms with van der Waals surface area (Å²) in [5, 5.41) is 0. The van der Waals surface area contributed by atoms with Crippen molar-refractivity contribution in [3.63, 3.8) is 0 Å². The third-order valence-electron chi connectivity index (χ3n) is 0.976. The Morgan fingerprint density at radius 2 is 1.80 bits per heavy atom. The fourth-order valence-corrected chi connectivity index (χ4v) is 0.473. The SMILES string of the molecule is CC1OC(=O)C(=O)OC1=O. The predicted molar refractivity (Wildman–Crippen MR) is 26.7 cm³/mol. The maximum atomic E-state index is 10.4. The summed E-state index contributed by atoms with van der Waals surface area (Å²) < 4.78 is 8.21. The lowest BCUT2D eigenvalue weighted by Gasteiger charge is -2.14. The molecule has 0 aromatic rings. The lowest BCUT2D eigenvalue weighted by molar-refractivity contribution is -0.191. The second kappa shape index (κ2) is 2.09. The van der Waals surface area contributed by atoms with Crippen LogP contribution >= 0.6 is 0 Å². The van der Waals surface area contributed by atoms with Gasteiger partial charge in [0, 0.05) is 0 Å². The van der Waals surface area contributed by atoms with Crippen LogP contribution in [-0.2, 0) is 23.9 Å². The van der Waals surface area contributed by atoms with Crippen LogP contribution in [0, 0.1) is 0 Å². The summed E-state index contributed by atoms with van der Waals surface area (Å²) in [5.74, 6) is -3.19. The van der Waals surface area contributed by atoms with Crippen LogP contribution in [0.1, 0.15) is 6.92 Å². The molecule has 54 valence electrons. The van der Waals surface area contributed by atoms with E-state index in [9.17, 15) is 14.4 Å². The van der Waals surface area contributed by atoms with Crippen molar-refractivity contribution in [2.45, 2.75) is 13.0 Å². The van der Waals surface area contributed by atoms with Crippen molar-refractivity contribution in [2.75, 3.05) is 0 Å². The van der Waals surface area contributed by atoms with Gasteiger partial charge in [-0.1, -0.05) is 0 Å². The van der Waals surface area contributed by atoms with Crippen LogP contribution in [0.3, 0.4) is 0 Å². The van der Waals surface area contributed by atoms with E-state index >= 15 is 0 Å². The van der Waals surface area contributed by atoms with Crippen molar-refractivity contribution in [3.8, 4) is 0 Å². The van der Waals surface area contributed by atoms with Crippen molar-refractivity contribution in [2.24, 2.45) is 0 Å². The van der Waals surface area contributed by atoms with Gasteiger partial charge < -0.3 is 9.47 Å². The second-order valence-electron chi connectivity index (χ2n) is 1.76. The molecule has 0 radical (unpaired) electrons. The van der Waals surface area contributed by atoms with E-state index < -0.39 is 24.0 Å². The van der Waals surface area contributed by atoms with Gasteiger partial charge in [-0.2, -0.15) is 0 Å². The third kappa shape index (κ3) is 0.975. The first-order chi connectivity index (χ1) is 4.61. The van der Waals surface area contributed by atoms with Crippen LogP contribution in [0.25, 0.3) is 0 Å². The first kappa shape index (κ1) is 6.73. The summed E-state index contributed by atoms with van der Waals surface area (Å²) in [6.45, 7) is 1.33. The van der Waals surface area contributed by atoms with Crippen molar-refractivity contribution in [1.82, 2.24) is 0 Å². The van der Waals surface area contributed by atoms with E-state index in [2.05, 4.69) is 9.47 Å². The zero-order valence-electron chi connectivity index (χ0n) is 5.12. The number of ether oxygens (including phenoxy) is 2. The molecule has 0 aromatic heterocycles. The van der Waals surface area contributed by atoms with Crippen LogP contribution in [0.5, 0.6) is 0 Å². The molecular weight excluding hydrogens is 140 g/mol. The van der Waals surface area contributed by atoms with Gasteiger partial charge in [0.25, 0.3) is 0 Å². The number of rotatable bonds is 0. The summed E-state index contributed by atoms with van der Waals surface area (Å²) in [4.78, 5) is 31.0. The van der Waals surface area contributed by atoms with Crippen LogP contribution in [0.4, 0.5) is 0 Å². The average Bonchev–Trinajstić information content (AvgIpc) is 1.84. The topological polar surface area (TPSA) is 69.7 Å². The van der Waals surface area contributed by atoms with Crippen molar-refractivity contribution >= 4 is 17.9 Å². The molecular formula is C5H4O5. The summed E-state index contributed by atoms with van der Waals surface area (Å²) in [6, 6.07) is 0. The van der Waals surface area contributed by atoms with E-state index in [0.717, 1.165) is 0 Å². The largest absolute Gasteiger partial charge is 0.442 e. The minimum Gasteiger partial charge on any atom is -0.442 e. The van der Waals surface area contributed by atoms with Crippen LogP contribution in [0.15, 0.2) is 0 Å². The molecule has 0 saturated carbocycles. The first-order valence-corrected chi connectivity index (χ1v) is 2.58. The maximum Gasteiger partial charge on any atom is 0.425 e. The number of carbonyl (C=O) groups is 3. The zero-order chi connectivity index (χ0) is 7.72. The van der Waals surface area contributed by atoms with E-state index in [0.29, 0.717) is 0 Å². The number of cyclic esters (lactones) is 3. The Hall–Kier alpha value is -1.39. The first-order valence-electron chi connectivity index (χ1n) is 2.58. The van der Waals surface area contributed by atoms with Gasteiger partial charge in [0.05, 0.1) is 0 Å². The molecule has 5 nitrogen and oxygen atoms in total. The van der Waals surface area contributed by atoms with Crippen molar-refractivity contribution in [1.29, 1.82) is 0 Å². The van der Waals surface area contributed by atoms with Crippen molar-refractivity contribution in [3.05, 3.63) is 0 Å². The monoisotopic (exact) mass is 144 g/mol. The molecule has 0 amide bonds.